The highest BCUT2D eigenvalue weighted by atomic mass is 35.5. The molecule has 1 aliphatic heterocycles. The Bertz CT molecular complexity index is 498. The zero-order chi connectivity index (χ0) is 15.9. The first-order valence-electron chi connectivity index (χ1n) is 8.38. The lowest BCUT2D eigenvalue weighted by Crippen LogP contribution is -2.31. The molecule has 2 N–H and O–H groups in total. The van der Waals surface area contributed by atoms with E-state index >= 15 is 0 Å². The Kier molecular flexibility index (Phi) is 8.56. The van der Waals surface area contributed by atoms with Crippen LogP contribution in [0.25, 0.3) is 0 Å². The molecule has 0 aromatic heterocycles. The molecule has 1 saturated heterocycles. The van der Waals surface area contributed by atoms with Crippen molar-refractivity contribution >= 4 is 18.3 Å². The van der Waals surface area contributed by atoms with Gasteiger partial charge in [0.05, 0.1) is 6.04 Å². The van der Waals surface area contributed by atoms with Gasteiger partial charge in [0.2, 0.25) is 5.91 Å². The Morgan fingerprint density at radius 3 is 2.74 bits per heavy atom. The Labute approximate surface area is 144 Å². The molecule has 1 aromatic rings. The second-order valence-corrected chi connectivity index (χ2v) is 6.31. The van der Waals surface area contributed by atoms with Crippen LogP contribution in [0.4, 0.5) is 4.39 Å². The fourth-order valence-corrected chi connectivity index (χ4v) is 3.34. The number of nitrogens with zero attached hydrogens (tertiary/aromatic N) is 1. The smallest absolute Gasteiger partial charge is 0.223 e. The molecular weight excluding hydrogens is 315 g/mol. The summed E-state index contributed by atoms with van der Waals surface area (Å²) in [7, 11) is 0. The van der Waals surface area contributed by atoms with E-state index in [0.29, 0.717) is 12.3 Å². The molecule has 0 spiro atoms. The van der Waals surface area contributed by atoms with Gasteiger partial charge in [-0.1, -0.05) is 31.9 Å². The number of benzene rings is 1. The van der Waals surface area contributed by atoms with E-state index < -0.39 is 0 Å². The van der Waals surface area contributed by atoms with Gasteiger partial charge >= 0.3 is 0 Å². The van der Waals surface area contributed by atoms with Gasteiger partial charge in [0, 0.05) is 13.0 Å². The first-order valence-corrected chi connectivity index (χ1v) is 8.38. The minimum absolute atomic E-state index is 0. The molecule has 0 radical (unpaired) electrons. The molecule has 2 atom stereocenters. The largest absolute Gasteiger partial charge is 0.335 e. The summed E-state index contributed by atoms with van der Waals surface area (Å²) in [5.41, 5.74) is 6.39. The monoisotopic (exact) mass is 342 g/mol. The van der Waals surface area contributed by atoms with Gasteiger partial charge in [-0.15, -0.1) is 12.4 Å². The first kappa shape index (κ1) is 19.9. The molecule has 1 aromatic carbocycles. The summed E-state index contributed by atoms with van der Waals surface area (Å²) in [6, 6.07) is 6.69. The van der Waals surface area contributed by atoms with Gasteiger partial charge in [-0.2, -0.15) is 0 Å². The highest BCUT2D eigenvalue weighted by Gasteiger charge is 2.35. The molecule has 0 aliphatic carbocycles. The third-order valence-corrected chi connectivity index (χ3v) is 4.56. The molecule has 1 aliphatic rings. The second-order valence-electron chi connectivity index (χ2n) is 6.31. The summed E-state index contributed by atoms with van der Waals surface area (Å²) in [6.07, 6.45) is 5.66. The van der Waals surface area contributed by atoms with Crippen molar-refractivity contribution in [1.82, 2.24) is 4.90 Å². The van der Waals surface area contributed by atoms with Crippen molar-refractivity contribution in [3.05, 3.63) is 35.6 Å². The van der Waals surface area contributed by atoms with Crippen LogP contribution in [0.2, 0.25) is 0 Å². The number of halogens is 2. The van der Waals surface area contributed by atoms with E-state index in [-0.39, 0.29) is 30.2 Å². The third-order valence-electron chi connectivity index (χ3n) is 4.56. The average molecular weight is 343 g/mol. The number of nitrogens with two attached hydrogens (primary N) is 1. The molecule has 23 heavy (non-hydrogen) atoms. The predicted molar refractivity (Wildman–Crippen MR) is 94.0 cm³/mol. The number of hydrogen-bond acceptors (Lipinski definition) is 2. The van der Waals surface area contributed by atoms with Crippen LogP contribution >= 0.6 is 12.4 Å². The third kappa shape index (κ3) is 5.47. The van der Waals surface area contributed by atoms with Gasteiger partial charge in [0.15, 0.2) is 0 Å². The topological polar surface area (TPSA) is 46.3 Å². The van der Waals surface area contributed by atoms with E-state index in [1.807, 2.05) is 11.0 Å². The van der Waals surface area contributed by atoms with Crippen LogP contribution in [0.1, 0.15) is 57.1 Å². The second kappa shape index (κ2) is 9.89. The summed E-state index contributed by atoms with van der Waals surface area (Å²) in [6.45, 7) is 3.65. The number of likely N-dealkylation sites (tertiary alicyclic amines) is 1. The van der Waals surface area contributed by atoms with Gasteiger partial charge in [-0.05, 0) is 49.4 Å². The SMILES string of the molecule is CC1CCN(C(=O)CCCCCCN)C1c1cccc(F)c1.Cl. The van der Waals surface area contributed by atoms with Crippen LogP contribution in [-0.2, 0) is 4.79 Å². The minimum atomic E-state index is -0.231. The van der Waals surface area contributed by atoms with Gasteiger partial charge in [0.25, 0.3) is 0 Å². The zero-order valence-corrected chi connectivity index (χ0v) is 14.7. The Morgan fingerprint density at radius 1 is 1.30 bits per heavy atom. The van der Waals surface area contributed by atoms with Crippen LogP contribution in [0, 0.1) is 11.7 Å². The molecular formula is C18H28ClFN2O. The van der Waals surface area contributed by atoms with Crippen LogP contribution in [-0.4, -0.2) is 23.9 Å². The standard InChI is InChI=1S/C18H27FN2O.ClH/c1-14-10-12-21(17(22)9-4-2-3-5-11-20)18(14)15-7-6-8-16(19)13-15;/h6-8,13-14,18H,2-5,9-12,20H2,1H3;1H. The van der Waals surface area contributed by atoms with Crippen molar-refractivity contribution in [2.45, 2.75) is 51.5 Å². The molecule has 1 fully saturated rings. The molecule has 2 unspecified atom stereocenters. The van der Waals surface area contributed by atoms with Gasteiger partial charge in [0.1, 0.15) is 5.82 Å². The Hall–Kier alpha value is -1.13. The normalized spacial score (nSPS) is 20.4. The highest BCUT2D eigenvalue weighted by Crippen LogP contribution is 2.37. The summed E-state index contributed by atoms with van der Waals surface area (Å²) in [5.74, 6) is 0.347. The lowest BCUT2D eigenvalue weighted by Gasteiger charge is -2.27. The zero-order valence-electron chi connectivity index (χ0n) is 13.8. The summed E-state index contributed by atoms with van der Waals surface area (Å²) >= 11 is 0. The van der Waals surface area contributed by atoms with Crippen molar-refractivity contribution in [2.75, 3.05) is 13.1 Å². The number of carbonyl (C=O) groups excluding carboxylic acids is 1. The average Bonchev–Trinajstić information content (AvgIpc) is 2.88. The van der Waals surface area contributed by atoms with E-state index in [9.17, 15) is 9.18 Å². The number of amides is 1. The van der Waals surface area contributed by atoms with Crippen molar-refractivity contribution < 1.29 is 9.18 Å². The number of rotatable bonds is 7. The molecule has 130 valence electrons. The summed E-state index contributed by atoms with van der Waals surface area (Å²) in [5, 5.41) is 0. The van der Waals surface area contributed by atoms with E-state index in [1.54, 1.807) is 12.1 Å². The lowest BCUT2D eigenvalue weighted by molar-refractivity contribution is -0.132. The van der Waals surface area contributed by atoms with Crippen LogP contribution in [0.5, 0.6) is 0 Å². The number of carbonyl (C=O) groups is 1. The van der Waals surface area contributed by atoms with Gasteiger partial charge in [-0.3, -0.25) is 4.79 Å². The van der Waals surface area contributed by atoms with Crippen LogP contribution in [0.15, 0.2) is 24.3 Å². The van der Waals surface area contributed by atoms with E-state index in [0.717, 1.165) is 50.8 Å². The maximum atomic E-state index is 13.5. The summed E-state index contributed by atoms with van der Waals surface area (Å²) in [4.78, 5) is 14.4. The highest BCUT2D eigenvalue weighted by molar-refractivity contribution is 5.85. The maximum Gasteiger partial charge on any atom is 0.223 e. The quantitative estimate of drug-likeness (QED) is 0.759. The van der Waals surface area contributed by atoms with Crippen molar-refractivity contribution in [3.63, 3.8) is 0 Å². The molecule has 1 heterocycles. The van der Waals surface area contributed by atoms with E-state index in [4.69, 9.17) is 5.73 Å². The lowest BCUT2D eigenvalue weighted by atomic mass is 9.95. The van der Waals surface area contributed by atoms with Gasteiger partial charge < -0.3 is 10.6 Å². The van der Waals surface area contributed by atoms with Gasteiger partial charge in [-0.25, -0.2) is 4.39 Å². The number of unbranched alkanes of at least 4 members (excludes halogenated alkanes) is 3. The molecule has 1 amide bonds. The predicted octanol–water partition coefficient (Wildman–Crippen LogP) is 4.07. The summed E-state index contributed by atoms with van der Waals surface area (Å²) < 4.78 is 13.5. The Morgan fingerprint density at radius 2 is 2.04 bits per heavy atom. The maximum absolute atomic E-state index is 13.5. The van der Waals surface area contributed by atoms with Crippen LogP contribution in [0.3, 0.4) is 0 Å². The van der Waals surface area contributed by atoms with E-state index in [1.165, 1.54) is 6.07 Å². The molecule has 2 rings (SSSR count). The molecule has 0 saturated carbocycles. The fourth-order valence-electron chi connectivity index (χ4n) is 3.34. The molecule has 0 bridgehead atoms. The first-order chi connectivity index (χ1) is 10.6. The molecule has 3 nitrogen and oxygen atoms in total. The van der Waals surface area contributed by atoms with Crippen LogP contribution < -0.4 is 5.73 Å². The number of hydrogen-bond donors (Lipinski definition) is 1. The minimum Gasteiger partial charge on any atom is -0.335 e. The fraction of sp³-hybridized carbons (Fsp3) is 0.611. The van der Waals surface area contributed by atoms with Crippen molar-refractivity contribution in [2.24, 2.45) is 11.7 Å². The molecule has 5 heteroatoms. The Balaban J connectivity index is 0.00000264. The van der Waals surface area contributed by atoms with Crippen molar-refractivity contribution in [3.8, 4) is 0 Å². The van der Waals surface area contributed by atoms with E-state index in [2.05, 4.69) is 6.92 Å². The van der Waals surface area contributed by atoms with Crippen molar-refractivity contribution in [1.29, 1.82) is 0 Å².